The fraction of sp³-hybridized carbons (Fsp3) is 0.560. The van der Waals surface area contributed by atoms with Crippen molar-refractivity contribution < 1.29 is 19.4 Å². The molecule has 1 aliphatic heterocycles. The average Bonchev–Trinajstić information content (AvgIpc) is 3.31. The largest absolute Gasteiger partial charge is 0.379 e. The Bertz CT molecular complexity index is 1160. The zero-order chi connectivity index (χ0) is 25.2. The summed E-state index contributed by atoms with van der Waals surface area (Å²) in [6, 6.07) is 1.87. The van der Waals surface area contributed by atoms with Crippen LogP contribution in [0.2, 0.25) is 0 Å². The topological polar surface area (TPSA) is 125 Å². The fourth-order valence-corrected chi connectivity index (χ4v) is 5.34. The Morgan fingerprint density at radius 2 is 1.94 bits per heavy atom. The minimum Gasteiger partial charge on any atom is -0.379 e. The molecule has 11 nitrogen and oxygen atoms in total. The summed E-state index contributed by atoms with van der Waals surface area (Å²) in [7, 11) is 5.17. The van der Waals surface area contributed by atoms with Crippen molar-refractivity contribution in [1.82, 2.24) is 24.8 Å². The van der Waals surface area contributed by atoms with Crippen molar-refractivity contribution in [2.45, 2.75) is 69.0 Å². The summed E-state index contributed by atoms with van der Waals surface area (Å²) in [5, 5.41) is 25.0. The van der Waals surface area contributed by atoms with Crippen LogP contribution in [0.4, 0.5) is 11.6 Å². The predicted molar refractivity (Wildman–Crippen MR) is 136 cm³/mol. The molecule has 1 unspecified atom stereocenters. The Balaban J connectivity index is 1.38. The Labute approximate surface area is 210 Å². The second kappa shape index (κ2) is 10.5. The molecule has 3 heterocycles. The minimum absolute atomic E-state index is 0.0152. The minimum atomic E-state index is -0.871. The zero-order valence-electron chi connectivity index (χ0n) is 21.0. The van der Waals surface area contributed by atoms with Gasteiger partial charge in [0.25, 0.3) is 5.91 Å². The van der Waals surface area contributed by atoms with Crippen molar-refractivity contribution in [1.29, 1.82) is 0 Å². The van der Waals surface area contributed by atoms with E-state index in [-0.39, 0.29) is 30.2 Å². The first-order valence-electron chi connectivity index (χ1n) is 12.6. The second-order valence-corrected chi connectivity index (χ2v) is 9.54. The summed E-state index contributed by atoms with van der Waals surface area (Å²) >= 11 is 0. The van der Waals surface area contributed by atoms with Gasteiger partial charge in [0.15, 0.2) is 11.9 Å². The van der Waals surface area contributed by atoms with E-state index in [1.807, 2.05) is 23.3 Å². The normalized spacial score (nSPS) is 27.9. The lowest BCUT2D eigenvalue weighted by atomic mass is 9.89. The number of carbonyl (C=O) groups excluding carboxylic acids is 1. The maximum absolute atomic E-state index is 13.0. The highest BCUT2D eigenvalue weighted by molar-refractivity contribution is 6.00. The van der Waals surface area contributed by atoms with Crippen LogP contribution in [0.3, 0.4) is 0 Å². The molecule has 194 valence electrons. The smallest absolute Gasteiger partial charge is 0.257 e. The van der Waals surface area contributed by atoms with Gasteiger partial charge in [0.1, 0.15) is 17.2 Å². The number of aliphatic hydroxyl groups excluding tert-OH is 1. The summed E-state index contributed by atoms with van der Waals surface area (Å²) in [5.74, 6) is 0.912. The first kappa shape index (κ1) is 24.5. The highest BCUT2D eigenvalue weighted by atomic mass is 16.5. The number of nitrogens with zero attached hydrogens (tertiary/aromatic N) is 4. The molecule has 1 amide bonds. The molecule has 2 aromatic rings. The molecule has 2 fully saturated rings. The van der Waals surface area contributed by atoms with E-state index in [0.717, 1.165) is 38.5 Å². The van der Waals surface area contributed by atoms with Gasteiger partial charge < -0.3 is 35.4 Å². The number of aromatic nitrogens is 3. The third-order valence-electron chi connectivity index (χ3n) is 7.52. The number of methoxy groups -OCH3 is 2. The number of rotatable bonds is 8. The first-order valence-corrected chi connectivity index (χ1v) is 12.6. The van der Waals surface area contributed by atoms with Crippen LogP contribution in [-0.4, -0.2) is 82.3 Å². The Morgan fingerprint density at radius 1 is 1.14 bits per heavy atom. The van der Waals surface area contributed by atoms with Crippen LogP contribution >= 0.6 is 0 Å². The molecule has 0 saturated heterocycles. The molecule has 3 aliphatic rings. The van der Waals surface area contributed by atoms with Crippen LogP contribution in [0.1, 0.15) is 48.9 Å². The summed E-state index contributed by atoms with van der Waals surface area (Å²) in [4.78, 5) is 19.7. The van der Waals surface area contributed by atoms with E-state index < -0.39 is 6.23 Å². The van der Waals surface area contributed by atoms with Crippen molar-refractivity contribution >= 4 is 23.2 Å². The van der Waals surface area contributed by atoms with E-state index in [1.165, 1.54) is 6.20 Å². The van der Waals surface area contributed by atoms with Crippen LogP contribution in [-0.2, 0) is 9.47 Å². The van der Waals surface area contributed by atoms with E-state index in [4.69, 9.17) is 14.5 Å². The van der Waals surface area contributed by atoms with Crippen molar-refractivity contribution in [2.24, 2.45) is 0 Å². The number of aliphatic hydroxyl groups is 1. The lowest BCUT2D eigenvalue weighted by molar-refractivity contribution is -0.0470. The fourth-order valence-electron chi connectivity index (χ4n) is 5.34. The monoisotopic (exact) mass is 497 g/mol. The van der Waals surface area contributed by atoms with Crippen molar-refractivity contribution in [3.63, 3.8) is 0 Å². The van der Waals surface area contributed by atoms with Crippen molar-refractivity contribution in [3.8, 4) is 0 Å². The summed E-state index contributed by atoms with van der Waals surface area (Å²) < 4.78 is 12.7. The Morgan fingerprint density at radius 3 is 2.67 bits per heavy atom. The van der Waals surface area contributed by atoms with E-state index >= 15 is 0 Å². The molecule has 0 aromatic carbocycles. The number of nitrogens with one attached hydrogen (secondary N) is 3. The van der Waals surface area contributed by atoms with Gasteiger partial charge in [-0.3, -0.25) is 4.79 Å². The maximum atomic E-state index is 13.0. The van der Waals surface area contributed by atoms with Crippen molar-refractivity contribution in [3.05, 3.63) is 41.9 Å². The molecule has 0 radical (unpaired) electrons. The third-order valence-corrected chi connectivity index (χ3v) is 7.52. The lowest BCUT2D eigenvalue weighted by Crippen LogP contribution is -2.51. The van der Waals surface area contributed by atoms with Crippen LogP contribution in [0.25, 0.3) is 5.65 Å². The number of hydrogen-bond donors (Lipinski definition) is 4. The van der Waals surface area contributed by atoms with Gasteiger partial charge >= 0.3 is 0 Å². The van der Waals surface area contributed by atoms with Gasteiger partial charge in [0.05, 0.1) is 36.2 Å². The van der Waals surface area contributed by atoms with Gasteiger partial charge in [-0.1, -0.05) is 12.8 Å². The van der Waals surface area contributed by atoms with Gasteiger partial charge in [0, 0.05) is 33.5 Å². The average molecular weight is 498 g/mol. The van der Waals surface area contributed by atoms with Gasteiger partial charge in [-0.25, -0.2) is 4.98 Å². The van der Waals surface area contributed by atoms with E-state index in [0.29, 0.717) is 28.5 Å². The molecule has 5 atom stereocenters. The number of amides is 1. The van der Waals surface area contributed by atoms with Gasteiger partial charge in [0.2, 0.25) is 0 Å². The molecule has 2 aliphatic carbocycles. The van der Waals surface area contributed by atoms with E-state index in [9.17, 15) is 9.90 Å². The third kappa shape index (κ3) is 4.54. The summed E-state index contributed by atoms with van der Waals surface area (Å²) in [6.07, 6.45) is 12.4. The zero-order valence-corrected chi connectivity index (χ0v) is 21.0. The van der Waals surface area contributed by atoms with Crippen LogP contribution < -0.4 is 16.0 Å². The van der Waals surface area contributed by atoms with E-state index in [1.54, 1.807) is 31.8 Å². The van der Waals surface area contributed by atoms with E-state index in [2.05, 4.69) is 21.0 Å². The molecular formula is C25H35N7O4. The molecule has 2 aromatic heterocycles. The molecule has 4 N–H and O–H groups in total. The predicted octanol–water partition coefficient (Wildman–Crippen LogP) is 2.08. The van der Waals surface area contributed by atoms with Gasteiger partial charge in [-0.05, 0) is 37.8 Å². The number of carbonyl (C=O) groups is 1. The van der Waals surface area contributed by atoms with Crippen LogP contribution in [0, 0.1) is 0 Å². The molecular weight excluding hydrogens is 462 g/mol. The van der Waals surface area contributed by atoms with Gasteiger partial charge in [-0.15, -0.1) is 0 Å². The van der Waals surface area contributed by atoms with Gasteiger partial charge in [-0.2, -0.15) is 9.61 Å². The molecule has 0 spiro atoms. The SMILES string of the molecule is CNc1cc(NC2=CC=CN([C@@H]3CCCC[C@@H]3OC)C2O)nc2c(C(=O)N[C@H]3CC[C@@H]3OC)cnn12. The summed E-state index contributed by atoms with van der Waals surface area (Å²) in [5.41, 5.74) is 1.39. The highest BCUT2D eigenvalue weighted by Crippen LogP contribution is 2.30. The Hall–Kier alpha value is -3.15. The molecule has 0 bridgehead atoms. The quantitative estimate of drug-likeness (QED) is 0.434. The molecule has 11 heteroatoms. The highest BCUT2D eigenvalue weighted by Gasteiger charge is 2.35. The number of hydrogen-bond acceptors (Lipinski definition) is 9. The number of fused-ring (bicyclic) bond motifs is 1. The standard InChI is InChI=1S/C25H35N7O4/c1-26-22-13-21(28-17-7-6-12-31(25(17)34)18-8-4-5-9-20(18)36-3)30-23-15(14-27-32(22)23)24(33)29-16-10-11-19(16)35-2/h6-7,12-14,16,18-20,25-26,34H,4-5,8-11H2,1-3H3,(H,28,30)(H,29,33)/t16-,18+,19-,20-,25?/m0/s1. The number of ether oxygens (including phenoxy) is 2. The first-order chi connectivity index (χ1) is 17.5. The second-order valence-electron chi connectivity index (χ2n) is 9.54. The number of allylic oxidation sites excluding steroid dienone is 2. The lowest BCUT2D eigenvalue weighted by Gasteiger charge is -2.42. The maximum Gasteiger partial charge on any atom is 0.257 e. The van der Waals surface area contributed by atoms with Crippen LogP contribution in [0.5, 0.6) is 0 Å². The molecule has 5 rings (SSSR count). The van der Waals surface area contributed by atoms with Crippen molar-refractivity contribution in [2.75, 3.05) is 31.9 Å². The Kier molecular flexibility index (Phi) is 7.13. The molecule has 36 heavy (non-hydrogen) atoms. The summed E-state index contributed by atoms with van der Waals surface area (Å²) in [6.45, 7) is 0. The molecule has 2 saturated carbocycles. The number of anilines is 2. The van der Waals surface area contributed by atoms with Crippen LogP contribution in [0.15, 0.2) is 36.3 Å².